The molecular weight excluding hydrogens is 140 g/mol. The van der Waals surface area contributed by atoms with Gasteiger partial charge >= 0.3 is 6.41 Å². The molecule has 11 heavy (non-hydrogen) atoms. The molecule has 0 rings (SSSR count). The van der Waals surface area contributed by atoms with Crippen molar-refractivity contribution in [3.8, 4) is 0 Å². The van der Waals surface area contributed by atoms with Gasteiger partial charge < -0.3 is 10.6 Å². The summed E-state index contributed by atoms with van der Waals surface area (Å²) in [4.78, 5) is 9.68. The molecule has 0 unspecified atom stereocenters. The van der Waals surface area contributed by atoms with E-state index in [-0.39, 0.29) is 0 Å². The highest BCUT2D eigenvalue weighted by Crippen LogP contribution is 1.82. The number of amides is 1. The molecule has 1 amide bonds. The molecule has 3 heteroatoms. The van der Waals surface area contributed by atoms with Gasteiger partial charge in [0.2, 0.25) is 0 Å². The Morgan fingerprint density at radius 1 is 1.18 bits per heavy atom. The topological polar surface area (TPSA) is 41.1 Å². The van der Waals surface area contributed by atoms with Crippen molar-refractivity contribution in [1.82, 2.24) is 10.6 Å². The Labute approximate surface area is 68.6 Å². The van der Waals surface area contributed by atoms with Crippen molar-refractivity contribution in [3.05, 3.63) is 0 Å². The van der Waals surface area contributed by atoms with Crippen LogP contribution in [0.3, 0.4) is 0 Å². The molecule has 0 aromatic rings. The molecule has 1 radical (unpaired) electrons. The summed E-state index contributed by atoms with van der Waals surface area (Å²) in [6.07, 6.45) is 5.09. The number of rotatable bonds is 8. The molecule has 0 saturated carbocycles. The molecule has 65 valence electrons. The maximum absolute atomic E-state index is 9.68. The maximum Gasteiger partial charge on any atom is 0.309 e. The van der Waals surface area contributed by atoms with E-state index in [0.717, 1.165) is 26.1 Å². The number of hydrogen-bond donors (Lipinski definition) is 2. The quantitative estimate of drug-likeness (QED) is 0.396. The summed E-state index contributed by atoms with van der Waals surface area (Å²) in [7, 11) is 0. The van der Waals surface area contributed by atoms with Crippen LogP contribution in [0.15, 0.2) is 0 Å². The molecule has 0 saturated heterocycles. The molecule has 2 N–H and O–H groups in total. The predicted octanol–water partition coefficient (Wildman–Crippen LogP) is 0.423. The minimum Gasteiger partial charge on any atom is -0.348 e. The van der Waals surface area contributed by atoms with Crippen LogP contribution in [-0.2, 0) is 4.79 Å². The third kappa shape index (κ3) is 9.43. The summed E-state index contributed by atoms with van der Waals surface area (Å²) in [5.41, 5.74) is 0. The molecule has 0 atom stereocenters. The highest BCUT2D eigenvalue weighted by atomic mass is 16.1. The Morgan fingerprint density at radius 3 is 2.55 bits per heavy atom. The summed E-state index contributed by atoms with van der Waals surface area (Å²) in [6.45, 7) is 4.96. The summed E-state index contributed by atoms with van der Waals surface area (Å²) >= 11 is 0. The monoisotopic (exact) mass is 157 g/mol. The third-order valence-electron chi connectivity index (χ3n) is 1.43. The first kappa shape index (κ1) is 10.4. The van der Waals surface area contributed by atoms with Gasteiger partial charge in [-0.15, -0.1) is 0 Å². The van der Waals surface area contributed by atoms with Gasteiger partial charge in [-0.05, 0) is 25.9 Å². The number of hydrogen-bond acceptors (Lipinski definition) is 2. The van der Waals surface area contributed by atoms with E-state index in [1.54, 1.807) is 6.41 Å². The lowest BCUT2D eigenvalue weighted by Crippen LogP contribution is -2.21. The zero-order valence-corrected chi connectivity index (χ0v) is 7.15. The molecule has 0 aromatic heterocycles. The molecule has 0 aromatic carbocycles. The smallest absolute Gasteiger partial charge is 0.309 e. The minimum atomic E-state index is 0.725. The van der Waals surface area contributed by atoms with E-state index in [1.807, 2.05) is 0 Å². The average molecular weight is 157 g/mol. The maximum atomic E-state index is 9.68. The van der Waals surface area contributed by atoms with Crippen LogP contribution >= 0.6 is 0 Å². The minimum absolute atomic E-state index is 0.725. The van der Waals surface area contributed by atoms with Crippen molar-refractivity contribution in [2.24, 2.45) is 0 Å². The van der Waals surface area contributed by atoms with E-state index in [0.29, 0.717) is 0 Å². The summed E-state index contributed by atoms with van der Waals surface area (Å²) in [6, 6.07) is 0. The summed E-state index contributed by atoms with van der Waals surface area (Å²) in [5.74, 6) is 0. The highest BCUT2D eigenvalue weighted by molar-refractivity contribution is 5.46. The molecule has 0 aliphatic carbocycles. The Hall–Kier alpha value is -0.570. The SMILES string of the molecule is CCCCNCCCN[C]=O. The second-order valence-corrected chi connectivity index (χ2v) is 2.49. The van der Waals surface area contributed by atoms with Crippen LogP contribution in [0.25, 0.3) is 0 Å². The van der Waals surface area contributed by atoms with Crippen molar-refractivity contribution >= 4 is 6.41 Å². The molecule has 3 nitrogen and oxygen atoms in total. The molecular formula is C8H17N2O. The van der Waals surface area contributed by atoms with E-state index in [4.69, 9.17) is 0 Å². The van der Waals surface area contributed by atoms with Gasteiger partial charge in [0.25, 0.3) is 0 Å². The molecule has 0 fully saturated rings. The average Bonchev–Trinajstić information content (AvgIpc) is 2.03. The lowest BCUT2D eigenvalue weighted by Gasteiger charge is -2.01. The number of carbonyl (C=O) groups excluding carboxylic acids is 1. The van der Waals surface area contributed by atoms with Gasteiger partial charge in [-0.1, -0.05) is 13.3 Å². The van der Waals surface area contributed by atoms with Gasteiger partial charge in [0.1, 0.15) is 0 Å². The Morgan fingerprint density at radius 2 is 1.91 bits per heavy atom. The normalized spacial score (nSPS) is 9.55. The molecule has 0 spiro atoms. The van der Waals surface area contributed by atoms with Crippen LogP contribution < -0.4 is 10.6 Å². The molecule has 0 aliphatic heterocycles. The van der Waals surface area contributed by atoms with E-state index >= 15 is 0 Å². The van der Waals surface area contributed by atoms with Crippen LogP contribution in [0.5, 0.6) is 0 Å². The largest absolute Gasteiger partial charge is 0.348 e. The van der Waals surface area contributed by atoms with Crippen LogP contribution in [0.4, 0.5) is 0 Å². The summed E-state index contributed by atoms with van der Waals surface area (Å²) in [5, 5.41) is 5.77. The van der Waals surface area contributed by atoms with Gasteiger partial charge in [-0.2, -0.15) is 0 Å². The molecule has 0 heterocycles. The number of unbranched alkanes of at least 4 members (excludes halogenated alkanes) is 1. The first-order chi connectivity index (χ1) is 5.41. The Bertz CT molecular complexity index is 86.2. The van der Waals surface area contributed by atoms with Gasteiger partial charge in [0.05, 0.1) is 0 Å². The third-order valence-corrected chi connectivity index (χ3v) is 1.43. The van der Waals surface area contributed by atoms with Crippen LogP contribution in [0.1, 0.15) is 26.2 Å². The lowest BCUT2D eigenvalue weighted by molar-refractivity contribution is 0.537. The highest BCUT2D eigenvalue weighted by Gasteiger charge is 1.86. The Balaban J connectivity index is 2.74. The predicted molar refractivity (Wildman–Crippen MR) is 46.1 cm³/mol. The van der Waals surface area contributed by atoms with Crippen LogP contribution in [0.2, 0.25) is 0 Å². The van der Waals surface area contributed by atoms with Gasteiger partial charge in [-0.3, -0.25) is 4.79 Å². The number of nitrogens with one attached hydrogen (secondary N) is 2. The second-order valence-electron chi connectivity index (χ2n) is 2.49. The lowest BCUT2D eigenvalue weighted by atomic mass is 10.3. The second kappa shape index (κ2) is 9.43. The molecule has 0 bridgehead atoms. The first-order valence-corrected chi connectivity index (χ1v) is 4.22. The summed E-state index contributed by atoms with van der Waals surface area (Å²) < 4.78 is 0. The van der Waals surface area contributed by atoms with Crippen molar-refractivity contribution < 1.29 is 4.79 Å². The fourth-order valence-electron chi connectivity index (χ4n) is 0.780. The standard InChI is InChI=1S/C8H17N2O/c1-2-3-5-9-6-4-7-10-8-11/h9H,2-7H2,1H3,(H,10,11). The molecule has 0 aliphatic rings. The van der Waals surface area contributed by atoms with E-state index in [2.05, 4.69) is 17.6 Å². The van der Waals surface area contributed by atoms with E-state index < -0.39 is 0 Å². The van der Waals surface area contributed by atoms with Gasteiger partial charge in [-0.25, -0.2) is 0 Å². The van der Waals surface area contributed by atoms with Crippen molar-refractivity contribution in [2.75, 3.05) is 19.6 Å². The Kier molecular flexibility index (Phi) is 8.94. The first-order valence-electron chi connectivity index (χ1n) is 4.22. The van der Waals surface area contributed by atoms with E-state index in [9.17, 15) is 4.79 Å². The van der Waals surface area contributed by atoms with Gasteiger partial charge in [0, 0.05) is 6.54 Å². The van der Waals surface area contributed by atoms with Crippen LogP contribution in [-0.4, -0.2) is 26.0 Å². The van der Waals surface area contributed by atoms with Crippen molar-refractivity contribution in [2.45, 2.75) is 26.2 Å². The zero-order chi connectivity index (χ0) is 8.36. The van der Waals surface area contributed by atoms with Crippen LogP contribution in [0, 0.1) is 0 Å². The fourth-order valence-corrected chi connectivity index (χ4v) is 0.780. The zero-order valence-electron chi connectivity index (χ0n) is 7.15. The van der Waals surface area contributed by atoms with Gasteiger partial charge in [0.15, 0.2) is 0 Å². The fraction of sp³-hybridized carbons (Fsp3) is 0.875. The van der Waals surface area contributed by atoms with Crippen molar-refractivity contribution in [3.63, 3.8) is 0 Å². The van der Waals surface area contributed by atoms with Crippen molar-refractivity contribution in [1.29, 1.82) is 0 Å². The van der Waals surface area contributed by atoms with E-state index in [1.165, 1.54) is 12.8 Å².